The average Bonchev–Trinajstić information content (AvgIpc) is 2.18. The lowest BCUT2D eigenvalue weighted by Gasteiger charge is -2.50. The lowest BCUT2D eigenvalue weighted by Crippen LogP contribution is -2.70. The Morgan fingerprint density at radius 3 is 2.44 bits per heavy atom. The van der Waals surface area contributed by atoms with E-state index < -0.39 is 5.60 Å². The van der Waals surface area contributed by atoms with E-state index in [4.69, 9.17) is 4.74 Å². The molecule has 0 radical (unpaired) electrons. The molecule has 0 aromatic heterocycles. The quantitative estimate of drug-likeness (QED) is 0.764. The Bertz CT molecular complexity index is 325. The van der Waals surface area contributed by atoms with Crippen molar-refractivity contribution in [3.63, 3.8) is 0 Å². The summed E-state index contributed by atoms with van der Waals surface area (Å²) in [6.45, 7) is 15.1. The van der Waals surface area contributed by atoms with Gasteiger partial charge < -0.3 is 15.0 Å². The van der Waals surface area contributed by atoms with E-state index in [1.54, 1.807) is 4.90 Å². The van der Waals surface area contributed by atoms with Crippen LogP contribution in [0.2, 0.25) is 0 Å². The van der Waals surface area contributed by atoms with Crippen LogP contribution in [0.15, 0.2) is 25.3 Å². The highest BCUT2D eigenvalue weighted by atomic mass is 16.6. The van der Waals surface area contributed by atoms with Crippen molar-refractivity contribution in [1.82, 2.24) is 10.2 Å². The molecule has 0 aromatic carbocycles. The lowest BCUT2D eigenvalue weighted by molar-refractivity contribution is -0.0150. The minimum absolute atomic E-state index is 0.0627. The first-order valence-corrected chi connectivity index (χ1v) is 6.27. The van der Waals surface area contributed by atoms with Crippen molar-refractivity contribution in [2.24, 2.45) is 0 Å². The molecule has 0 spiro atoms. The van der Waals surface area contributed by atoms with Crippen LogP contribution >= 0.6 is 0 Å². The molecule has 1 saturated heterocycles. The molecule has 1 rings (SSSR count). The van der Waals surface area contributed by atoms with Crippen LogP contribution in [0.5, 0.6) is 0 Å². The standard InChI is InChI=1S/C14H24N2O2/c1-6-8-14(15-9-7-2)10-16(11-14)12(17)18-13(3,4)5/h6-7,15H,1-2,8-11H2,3-5H3. The Labute approximate surface area is 110 Å². The Morgan fingerprint density at radius 1 is 1.39 bits per heavy atom. The molecule has 1 aliphatic rings. The first-order chi connectivity index (χ1) is 8.32. The molecule has 0 atom stereocenters. The number of carbonyl (C=O) groups excluding carboxylic acids is 1. The summed E-state index contributed by atoms with van der Waals surface area (Å²) in [6.07, 6.45) is 4.28. The number of likely N-dealkylation sites (tertiary alicyclic amines) is 1. The molecule has 0 saturated carbocycles. The van der Waals surface area contributed by atoms with Crippen LogP contribution in [0.4, 0.5) is 4.79 Å². The average molecular weight is 252 g/mol. The van der Waals surface area contributed by atoms with Crippen LogP contribution in [0.25, 0.3) is 0 Å². The molecule has 1 heterocycles. The largest absolute Gasteiger partial charge is 0.444 e. The molecule has 0 aromatic rings. The van der Waals surface area contributed by atoms with Crippen LogP contribution < -0.4 is 5.32 Å². The second kappa shape index (κ2) is 5.57. The van der Waals surface area contributed by atoms with Gasteiger partial charge in [0, 0.05) is 19.6 Å². The summed E-state index contributed by atoms with van der Waals surface area (Å²) < 4.78 is 5.33. The zero-order chi connectivity index (χ0) is 13.8. The lowest BCUT2D eigenvalue weighted by atomic mass is 9.86. The predicted molar refractivity (Wildman–Crippen MR) is 73.6 cm³/mol. The number of hydrogen-bond donors (Lipinski definition) is 1. The Kier molecular flexibility index (Phi) is 4.57. The SMILES string of the molecule is C=CCNC1(CC=C)CN(C(=O)OC(C)(C)C)C1. The highest BCUT2D eigenvalue weighted by Crippen LogP contribution is 2.26. The zero-order valence-electron chi connectivity index (χ0n) is 11.7. The van der Waals surface area contributed by atoms with Gasteiger partial charge in [-0.05, 0) is 27.2 Å². The fourth-order valence-corrected chi connectivity index (χ4v) is 2.02. The van der Waals surface area contributed by atoms with E-state index in [2.05, 4.69) is 18.5 Å². The Balaban J connectivity index is 2.50. The third-order valence-electron chi connectivity index (χ3n) is 2.80. The maximum absolute atomic E-state index is 11.8. The van der Waals surface area contributed by atoms with E-state index in [1.807, 2.05) is 32.9 Å². The molecular weight excluding hydrogens is 228 g/mol. The Hall–Kier alpha value is -1.29. The molecule has 0 aliphatic carbocycles. The van der Waals surface area contributed by atoms with Crippen molar-refractivity contribution < 1.29 is 9.53 Å². The van der Waals surface area contributed by atoms with Crippen LogP contribution in [0.1, 0.15) is 27.2 Å². The molecule has 1 N–H and O–H groups in total. The first-order valence-electron chi connectivity index (χ1n) is 6.27. The van der Waals surface area contributed by atoms with Gasteiger partial charge in [-0.25, -0.2) is 4.79 Å². The van der Waals surface area contributed by atoms with Gasteiger partial charge in [-0.15, -0.1) is 13.2 Å². The summed E-state index contributed by atoms with van der Waals surface area (Å²) >= 11 is 0. The van der Waals surface area contributed by atoms with Crippen LogP contribution in [-0.4, -0.2) is 41.8 Å². The van der Waals surface area contributed by atoms with Crippen molar-refractivity contribution >= 4 is 6.09 Å². The fourth-order valence-electron chi connectivity index (χ4n) is 2.02. The van der Waals surface area contributed by atoms with E-state index in [1.165, 1.54) is 0 Å². The number of nitrogens with zero attached hydrogens (tertiary/aromatic N) is 1. The molecule has 1 fully saturated rings. The molecule has 1 amide bonds. The van der Waals surface area contributed by atoms with Gasteiger partial charge in [0.2, 0.25) is 0 Å². The molecule has 18 heavy (non-hydrogen) atoms. The number of ether oxygens (including phenoxy) is 1. The summed E-state index contributed by atoms with van der Waals surface area (Å²) in [5, 5.41) is 3.39. The van der Waals surface area contributed by atoms with Gasteiger partial charge in [0.05, 0.1) is 5.54 Å². The highest BCUT2D eigenvalue weighted by molar-refractivity contribution is 5.69. The summed E-state index contributed by atoms with van der Waals surface area (Å²) in [5.74, 6) is 0. The first kappa shape index (κ1) is 14.8. The molecule has 4 nitrogen and oxygen atoms in total. The van der Waals surface area contributed by atoms with E-state index in [9.17, 15) is 4.79 Å². The molecule has 1 aliphatic heterocycles. The van der Waals surface area contributed by atoms with Crippen molar-refractivity contribution in [1.29, 1.82) is 0 Å². The number of rotatable bonds is 5. The van der Waals surface area contributed by atoms with E-state index >= 15 is 0 Å². The number of carbonyl (C=O) groups is 1. The van der Waals surface area contributed by atoms with E-state index in [0.717, 1.165) is 13.0 Å². The minimum Gasteiger partial charge on any atom is -0.444 e. The molecule has 0 unspecified atom stereocenters. The summed E-state index contributed by atoms with van der Waals surface area (Å²) in [7, 11) is 0. The van der Waals surface area contributed by atoms with E-state index in [-0.39, 0.29) is 11.6 Å². The third kappa shape index (κ3) is 3.88. The summed E-state index contributed by atoms with van der Waals surface area (Å²) in [4.78, 5) is 13.5. The normalized spacial score (nSPS) is 17.8. The minimum atomic E-state index is -0.442. The number of nitrogens with one attached hydrogen (secondary N) is 1. The second-order valence-electron chi connectivity index (χ2n) is 5.78. The van der Waals surface area contributed by atoms with Crippen LogP contribution in [0, 0.1) is 0 Å². The van der Waals surface area contributed by atoms with Crippen LogP contribution in [0.3, 0.4) is 0 Å². The highest BCUT2D eigenvalue weighted by Gasteiger charge is 2.44. The zero-order valence-corrected chi connectivity index (χ0v) is 11.7. The smallest absolute Gasteiger partial charge is 0.410 e. The van der Waals surface area contributed by atoms with Gasteiger partial charge in [-0.3, -0.25) is 0 Å². The summed E-state index contributed by atoms with van der Waals surface area (Å²) in [5.41, 5.74) is -0.505. The second-order valence-corrected chi connectivity index (χ2v) is 5.78. The molecule has 102 valence electrons. The van der Waals surface area contributed by atoms with Crippen molar-refractivity contribution in [3.8, 4) is 0 Å². The van der Waals surface area contributed by atoms with Gasteiger partial charge >= 0.3 is 6.09 Å². The van der Waals surface area contributed by atoms with Crippen LogP contribution in [-0.2, 0) is 4.74 Å². The fraction of sp³-hybridized carbons (Fsp3) is 0.643. The van der Waals surface area contributed by atoms with Gasteiger partial charge in [0.25, 0.3) is 0 Å². The monoisotopic (exact) mass is 252 g/mol. The predicted octanol–water partition coefficient (Wildman–Crippen LogP) is 2.33. The van der Waals surface area contributed by atoms with Gasteiger partial charge in [-0.2, -0.15) is 0 Å². The summed E-state index contributed by atoms with van der Waals surface area (Å²) in [6, 6.07) is 0. The van der Waals surface area contributed by atoms with Gasteiger partial charge in [0.1, 0.15) is 5.60 Å². The maximum atomic E-state index is 11.8. The molecular formula is C14H24N2O2. The maximum Gasteiger partial charge on any atom is 0.410 e. The van der Waals surface area contributed by atoms with E-state index in [0.29, 0.717) is 13.1 Å². The third-order valence-corrected chi connectivity index (χ3v) is 2.80. The number of hydrogen-bond acceptors (Lipinski definition) is 3. The topological polar surface area (TPSA) is 41.6 Å². The Morgan fingerprint density at radius 2 is 2.00 bits per heavy atom. The van der Waals surface area contributed by atoms with Crippen molar-refractivity contribution in [3.05, 3.63) is 25.3 Å². The van der Waals surface area contributed by atoms with Gasteiger partial charge in [-0.1, -0.05) is 12.2 Å². The van der Waals surface area contributed by atoms with Crippen molar-refractivity contribution in [2.75, 3.05) is 19.6 Å². The molecule has 0 bridgehead atoms. The number of amides is 1. The molecule has 4 heteroatoms. The van der Waals surface area contributed by atoms with Gasteiger partial charge in [0.15, 0.2) is 0 Å². The van der Waals surface area contributed by atoms with Crippen molar-refractivity contribution in [2.45, 2.75) is 38.3 Å².